The maximum atomic E-state index is 13.8. The van der Waals surface area contributed by atoms with Gasteiger partial charge in [-0.3, -0.25) is 4.79 Å². The summed E-state index contributed by atoms with van der Waals surface area (Å²) in [7, 11) is 0. The third kappa shape index (κ3) is 5.32. The van der Waals surface area contributed by atoms with Gasteiger partial charge in [0.2, 0.25) is 0 Å². The molecule has 200 valence electrons. The van der Waals surface area contributed by atoms with Crippen molar-refractivity contribution >= 4 is 23.4 Å². The molecule has 0 radical (unpaired) electrons. The number of aromatic hydroxyl groups is 1. The van der Waals surface area contributed by atoms with Crippen LogP contribution in [0.25, 0.3) is 0 Å². The van der Waals surface area contributed by atoms with Gasteiger partial charge < -0.3 is 19.9 Å². The summed E-state index contributed by atoms with van der Waals surface area (Å²) < 4.78 is 11.7. The van der Waals surface area contributed by atoms with Gasteiger partial charge in [0.15, 0.2) is 17.3 Å². The van der Waals surface area contributed by atoms with Gasteiger partial charge in [0.1, 0.15) is 6.10 Å². The van der Waals surface area contributed by atoms with Gasteiger partial charge in [-0.2, -0.15) is 0 Å². The van der Waals surface area contributed by atoms with Gasteiger partial charge in [0.25, 0.3) is 0 Å². The summed E-state index contributed by atoms with van der Waals surface area (Å²) >= 11 is 6.09. The van der Waals surface area contributed by atoms with Crippen LogP contribution in [0.3, 0.4) is 0 Å². The van der Waals surface area contributed by atoms with E-state index in [-0.39, 0.29) is 23.6 Å². The molecular weight excluding hydrogens is 502 g/mol. The lowest BCUT2D eigenvalue weighted by Crippen LogP contribution is -2.37. The van der Waals surface area contributed by atoms with E-state index in [1.165, 1.54) is 0 Å². The molecule has 2 atom stereocenters. The van der Waals surface area contributed by atoms with Crippen molar-refractivity contribution in [1.29, 1.82) is 0 Å². The fourth-order valence-electron chi connectivity index (χ4n) is 5.99. The SMILES string of the molecule is CCOc1cc([C@@H]2C(C(=O)OC3CCCCC3)=C(C)NC3=C2C(=O)C[C@H](c2ccc(Cl)cc2)C3)ccc1O. The number of dihydropyridines is 1. The van der Waals surface area contributed by atoms with E-state index in [0.717, 1.165) is 43.4 Å². The van der Waals surface area contributed by atoms with Gasteiger partial charge >= 0.3 is 5.97 Å². The number of esters is 1. The van der Waals surface area contributed by atoms with E-state index in [1.807, 2.05) is 38.1 Å². The maximum Gasteiger partial charge on any atom is 0.337 e. The van der Waals surface area contributed by atoms with Gasteiger partial charge in [0, 0.05) is 34.3 Å². The van der Waals surface area contributed by atoms with E-state index in [1.54, 1.807) is 18.2 Å². The van der Waals surface area contributed by atoms with E-state index in [0.29, 0.717) is 52.6 Å². The van der Waals surface area contributed by atoms with Crippen LogP contribution in [0, 0.1) is 0 Å². The fraction of sp³-hybridized carbons (Fsp3) is 0.419. The zero-order valence-electron chi connectivity index (χ0n) is 21.9. The first kappa shape index (κ1) is 26.4. The van der Waals surface area contributed by atoms with Crippen molar-refractivity contribution in [3.63, 3.8) is 0 Å². The molecule has 2 aromatic carbocycles. The standard InChI is InChI=1S/C31H34ClNO5/c1-3-37-27-17-20(11-14-25(27)34)29-28(31(36)38-23-7-5-4-6-8-23)18(2)33-24-15-21(16-26(35)30(24)29)19-9-12-22(32)13-10-19/h9-14,17,21,23,29,33-34H,3-8,15-16H2,1-2H3/t21-,29-/m1/s1. The highest BCUT2D eigenvalue weighted by Crippen LogP contribution is 2.47. The third-order valence-electron chi connectivity index (χ3n) is 7.83. The predicted octanol–water partition coefficient (Wildman–Crippen LogP) is 6.68. The molecule has 7 heteroatoms. The summed E-state index contributed by atoms with van der Waals surface area (Å²) in [6.45, 7) is 4.09. The Labute approximate surface area is 228 Å². The molecule has 5 rings (SSSR count). The molecule has 0 unspecified atom stereocenters. The molecule has 0 saturated heterocycles. The van der Waals surface area contributed by atoms with Gasteiger partial charge in [-0.15, -0.1) is 0 Å². The molecule has 0 amide bonds. The minimum atomic E-state index is -0.610. The summed E-state index contributed by atoms with van der Waals surface area (Å²) in [6, 6.07) is 12.7. The van der Waals surface area contributed by atoms with Crippen LogP contribution >= 0.6 is 11.6 Å². The number of phenolic OH excluding ortho intramolecular Hbond substituents is 1. The first-order valence-corrected chi connectivity index (χ1v) is 13.9. The van der Waals surface area contributed by atoms with Crippen molar-refractivity contribution in [3.05, 3.63) is 81.2 Å². The third-order valence-corrected chi connectivity index (χ3v) is 8.08. The molecule has 1 aliphatic heterocycles. The highest BCUT2D eigenvalue weighted by molar-refractivity contribution is 6.30. The largest absolute Gasteiger partial charge is 0.504 e. The molecule has 1 saturated carbocycles. The molecular formula is C31H34ClNO5. The van der Waals surface area contributed by atoms with Crippen molar-refractivity contribution in [3.8, 4) is 11.5 Å². The van der Waals surface area contributed by atoms with Gasteiger partial charge in [-0.1, -0.05) is 36.2 Å². The van der Waals surface area contributed by atoms with Crippen LogP contribution in [-0.4, -0.2) is 29.6 Å². The summed E-state index contributed by atoms with van der Waals surface area (Å²) in [5.74, 6) is -0.661. The van der Waals surface area contributed by atoms with Crippen LogP contribution in [0.2, 0.25) is 5.02 Å². The van der Waals surface area contributed by atoms with Gasteiger partial charge in [-0.25, -0.2) is 4.79 Å². The highest BCUT2D eigenvalue weighted by atomic mass is 35.5. The molecule has 6 nitrogen and oxygen atoms in total. The van der Waals surface area contributed by atoms with Gasteiger partial charge in [0.05, 0.1) is 12.2 Å². The Morgan fingerprint density at radius 2 is 1.76 bits per heavy atom. The number of rotatable bonds is 6. The summed E-state index contributed by atoms with van der Waals surface area (Å²) in [5.41, 5.74) is 4.31. The monoisotopic (exact) mass is 535 g/mol. The van der Waals surface area contributed by atoms with Crippen LogP contribution < -0.4 is 10.1 Å². The number of nitrogens with one attached hydrogen (secondary N) is 1. The van der Waals surface area contributed by atoms with Crippen molar-refractivity contribution in [2.75, 3.05) is 6.61 Å². The number of hydrogen-bond donors (Lipinski definition) is 2. The number of benzene rings is 2. The molecule has 38 heavy (non-hydrogen) atoms. The molecule has 1 fully saturated rings. The van der Waals surface area contributed by atoms with E-state index in [4.69, 9.17) is 21.1 Å². The Morgan fingerprint density at radius 3 is 2.47 bits per heavy atom. The fourth-order valence-corrected chi connectivity index (χ4v) is 6.12. The van der Waals surface area contributed by atoms with Crippen LogP contribution in [0.15, 0.2) is 65.0 Å². The van der Waals surface area contributed by atoms with Crippen molar-refractivity contribution < 1.29 is 24.2 Å². The first-order chi connectivity index (χ1) is 18.4. The highest BCUT2D eigenvalue weighted by Gasteiger charge is 2.42. The second-order valence-corrected chi connectivity index (χ2v) is 10.8. The lowest BCUT2D eigenvalue weighted by atomic mass is 9.71. The molecule has 0 spiro atoms. The number of carbonyl (C=O) groups is 2. The minimum absolute atomic E-state index is 0.00834. The first-order valence-electron chi connectivity index (χ1n) is 13.5. The Morgan fingerprint density at radius 1 is 1.05 bits per heavy atom. The number of halogens is 1. The van der Waals surface area contributed by atoms with Crippen molar-refractivity contribution in [2.24, 2.45) is 0 Å². The lowest BCUT2D eigenvalue weighted by molar-refractivity contribution is -0.146. The van der Waals surface area contributed by atoms with Crippen LogP contribution in [0.4, 0.5) is 0 Å². The number of hydrogen-bond acceptors (Lipinski definition) is 6. The Hall–Kier alpha value is -3.25. The summed E-state index contributed by atoms with van der Waals surface area (Å²) in [6.07, 6.45) is 5.84. The zero-order valence-corrected chi connectivity index (χ0v) is 22.6. The van der Waals surface area contributed by atoms with Crippen LogP contribution in [0.1, 0.15) is 81.8 Å². The Balaban J connectivity index is 1.55. The number of phenols is 1. The second-order valence-electron chi connectivity index (χ2n) is 10.4. The quantitative estimate of drug-likeness (QED) is 0.401. The molecule has 2 N–H and O–H groups in total. The Bertz CT molecular complexity index is 1290. The van der Waals surface area contributed by atoms with Crippen LogP contribution in [-0.2, 0) is 14.3 Å². The van der Waals surface area contributed by atoms with E-state index >= 15 is 0 Å². The number of ether oxygens (including phenoxy) is 2. The normalized spacial score (nSPS) is 22.1. The number of Topliss-reactive ketones (excluding diaryl/α,β-unsaturated/α-hetero) is 1. The zero-order chi connectivity index (χ0) is 26.8. The molecule has 2 aliphatic carbocycles. The topological polar surface area (TPSA) is 84.9 Å². The molecule has 0 aromatic heterocycles. The van der Waals surface area contributed by atoms with E-state index in [2.05, 4.69) is 5.32 Å². The Kier molecular flexibility index (Phi) is 7.80. The molecule has 3 aliphatic rings. The minimum Gasteiger partial charge on any atom is -0.504 e. The number of carbonyl (C=O) groups excluding carboxylic acids is 2. The molecule has 1 heterocycles. The summed E-state index contributed by atoms with van der Waals surface area (Å²) in [4.78, 5) is 27.5. The van der Waals surface area contributed by atoms with Crippen molar-refractivity contribution in [2.45, 2.75) is 76.7 Å². The average molecular weight is 536 g/mol. The smallest absolute Gasteiger partial charge is 0.337 e. The maximum absolute atomic E-state index is 13.8. The van der Waals surface area contributed by atoms with Crippen molar-refractivity contribution in [1.82, 2.24) is 5.32 Å². The number of ketones is 1. The van der Waals surface area contributed by atoms with Gasteiger partial charge in [-0.05, 0) is 87.3 Å². The van der Waals surface area contributed by atoms with E-state index in [9.17, 15) is 14.7 Å². The molecule has 2 aromatic rings. The summed E-state index contributed by atoms with van der Waals surface area (Å²) in [5, 5.41) is 14.4. The van der Waals surface area contributed by atoms with Crippen LogP contribution in [0.5, 0.6) is 11.5 Å². The predicted molar refractivity (Wildman–Crippen MR) is 146 cm³/mol. The second kappa shape index (κ2) is 11.2. The van der Waals surface area contributed by atoms with E-state index < -0.39 is 11.9 Å². The number of allylic oxidation sites excluding steroid dienone is 3. The lowest BCUT2D eigenvalue weighted by Gasteiger charge is -2.37. The average Bonchev–Trinajstić information content (AvgIpc) is 2.90. The molecule has 0 bridgehead atoms.